The van der Waals surface area contributed by atoms with Gasteiger partial charge in [0.1, 0.15) is 11.3 Å². The largest absolute Gasteiger partial charge is 0.495 e. The van der Waals surface area contributed by atoms with Crippen LogP contribution in [0.3, 0.4) is 0 Å². The van der Waals surface area contributed by atoms with Crippen molar-refractivity contribution < 1.29 is 9.15 Å². The second-order valence-corrected chi connectivity index (χ2v) is 7.70. The molecular formula is C21H25N3O2S. The summed E-state index contributed by atoms with van der Waals surface area (Å²) in [4.78, 5) is 9.48. The monoisotopic (exact) mass is 383 g/mol. The lowest BCUT2D eigenvalue weighted by atomic mass is 10.2. The lowest BCUT2D eigenvalue weighted by molar-refractivity contribution is 0.258. The van der Waals surface area contributed by atoms with E-state index in [1.165, 1.54) is 5.69 Å². The number of aromatic nitrogens is 1. The van der Waals surface area contributed by atoms with Crippen LogP contribution < -0.4 is 9.64 Å². The maximum absolute atomic E-state index is 5.76. The molecule has 1 saturated heterocycles. The molecule has 0 bridgehead atoms. The third-order valence-electron chi connectivity index (χ3n) is 4.92. The van der Waals surface area contributed by atoms with Crippen LogP contribution in [0.4, 0.5) is 5.69 Å². The fraction of sp³-hybridized carbons (Fsp3) is 0.381. The smallest absolute Gasteiger partial charge is 0.256 e. The molecule has 0 spiro atoms. The first-order valence-electron chi connectivity index (χ1n) is 9.42. The van der Waals surface area contributed by atoms with E-state index < -0.39 is 0 Å². The Hall–Kier alpha value is -2.18. The van der Waals surface area contributed by atoms with Crippen molar-refractivity contribution in [3.63, 3.8) is 0 Å². The first-order valence-corrected chi connectivity index (χ1v) is 10.4. The van der Waals surface area contributed by atoms with Gasteiger partial charge >= 0.3 is 0 Å². The Bertz CT molecular complexity index is 841. The Balaban J connectivity index is 1.20. The first-order chi connectivity index (χ1) is 13.3. The van der Waals surface area contributed by atoms with Gasteiger partial charge < -0.3 is 14.1 Å². The number of anilines is 1. The number of oxazole rings is 1. The van der Waals surface area contributed by atoms with Crippen molar-refractivity contribution in [1.82, 2.24) is 9.88 Å². The molecule has 142 valence electrons. The fourth-order valence-corrected chi connectivity index (χ4v) is 4.22. The number of hydrogen-bond acceptors (Lipinski definition) is 6. The van der Waals surface area contributed by atoms with Gasteiger partial charge in [0.05, 0.1) is 12.8 Å². The van der Waals surface area contributed by atoms with Crippen LogP contribution in [-0.4, -0.2) is 55.5 Å². The van der Waals surface area contributed by atoms with Gasteiger partial charge in [0, 0.05) is 31.9 Å². The Morgan fingerprint density at radius 1 is 1.04 bits per heavy atom. The van der Waals surface area contributed by atoms with E-state index in [0.29, 0.717) is 0 Å². The molecule has 1 fully saturated rings. The molecule has 0 atom stereocenters. The summed E-state index contributed by atoms with van der Waals surface area (Å²) in [7, 11) is 1.74. The molecular weight excluding hydrogens is 358 g/mol. The number of rotatable bonds is 7. The van der Waals surface area contributed by atoms with Crippen molar-refractivity contribution in [2.24, 2.45) is 0 Å². The zero-order chi connectivity index (χ0) is 18.5. The summed E-state index contributed by atoms with van der Waals surface area (Å²) >= 11 is 1.71. The van der Waals surface area contributed by atoms with Crippen LogP contribution in [0, 0.1) is 0 Å². The number of methoxy groups -OCH3 is 1. The molecule has 27 heavy (non-hydrogen) atoms. The van der Waals surface area contributed by atoms with Gasteiger partial charge in [0.2, 0.25) is 0 Å². The van der Waals surface area contributed by atoms with E-state index in [0.717, 1.165) is 67.0 Å². The molecule has 1 aromatic heterocycles. The van der Waals surface area contributed by atoms with Gasteiger partial charge in [-0.05, 0) is 37.2 Å². The Morgan fingerprint density at radius 3 is 2.63 bits per heavy atom. The molecule has 0 unspecified atom stereocenters. The summed E-state index contributed by atoms with van der Waals surface area (Å²) in [5.74, 6) is 1.99. The highest BCUT2D eigenvalue weighted by Gasteiger charge is 2.19. The summed E-state index contributed by atoms with van der Waals surface area (Å²) in [6, 6.07) is 16.2. The normalized spacial score (nSPS) is 15.4. The van der Waals surface area contributed by atoms with Crippen LogP contribution in [0.15, 0.2) is 58.2 Å². The highest BCUT2D eigenvalue weighted by atomic mass is 32.2. The number of benzene rings is 2. The third-order valence-corrected chi connectivity index (χ3v) is 5.83. The third kappa shape index (κ3) is 4.39. The zero-order valence-electron chi connectivity index (χ0n) is 15.6. The molecule has 0 N–H and O–H groups in total. The number of fused-ring (bicyclic) bond motifs is 1. The van der Waals surface area contributed by atoms with E-state index in [1.54, 1.807) is 18.9 Å². The quantitative estimate of drug-likeness (QED) is 0.451. The maximum atomic E-state index is 5.76. The lowest BCUT2D eigenvalue weighted by Gasteiger charge is -2.36. The molecule has 5 nitrogen and oxygen atoms in total. The minimum atomic E-state index is 0.775. The minimum Gasteiger partial charge on any atom is -0.495 e. The summed E-state index contributed by atoms with van der Waals surface area (Å²) in [6.07, 6.45) is 1.14. The van der Waals surface area contributed by atoms with Gasteiger partial charge in [-0.25, -0.2) is 4.98 Å². The molecule has 0 radical (unpaired) electrons. The average Bonchev–Trinajstić information content (AvgIpc) is 3.14. The van der Waals surface area contributed by atoms with Crippen LogP contribution in [0.25, 0.3) is 11.1 Å². The van der Waals surface area contributed by atoms with Gasteiger partial charge in [0.15, 0.2) is 5.58 Å². The topological polar surface area (TPSA) is 41.7 Å². The number of hydrogen-bond donors (Lipinski definition) is 0. The summed E-state index contributed by atoms with van der Waals surface area (Å²) < 4.78 is 11.3. The maximum Gasteiger partial charge on any atom is 0.256 e. The highest BCUT2D eigenvalue weighted by molar-refractivity contribution is 7.99. The molecule has 1 aliphatic heterocycles. The fourth-order valence-electron chi connectivity index (χ4n) is 3.46. The summed E-state index contributed by atoms with van der Waals surface area (Å²) in [5.41, 5.74) is 3.01. The van der Waals surface area contributed by atoms with Crippen LogP contribution in [0.2, 0.25) is 0 Å². The number of nitrogens with zero attached hydrogens (tertiary/aromatic N) is 3. The summed E-state index contributed by atoms with van der Waals surface area (Å²) in [5, 5.41) is 0.775. The highest BCUT2D eigenvalue weighted by Crippen LogP contribution is 2.28. The molecule has 0 amide bonds. The second kappa shape index (κ2) is 8.67. The molecule has 6 heteroatoms. The standard InChI is InChI=1S/C21H25N3O2S/c1-25-20-10-5-3-8-18(20)24-14-12-23(13-15-24)11-6-16-27-21-22-17-7-2-4-9-19(17)26-21/h2-5,7-10H,6,11-16H2,1H3. The zero-order valence-corrected chi connectivity index (χ0v) is 16.5. The SMILES string of the molecule is COc1ccccc1N1CCN(CCCSc2nc3ccccc3o2)CC1. The van der Waals surface area contributed by atoms with Crippen molar-refractivity contribution >= 4 is 28.5 Å². The van der Waals surface area contributed by atoms with Gasteiger partial charge in [-0.15, -0.1) is 0 Å². The van der Waals surface area contributed by atoms with E-state index in [4.69, 9.17) is 9.15 Å². The molecule has 3 aromatic rings. The number of piperazine rings is 1. The van der Waals surface area contributed by atoms with Gasteiger partial charge in [0.25, 0.3) is 5.22 Å². The molecule has 4 rings (SSSR count). The van der Waals surface area contributed by atoms with E-state index >= 15 is 0 Å². The molecule has 0 saturated carbocycles. The number of thioether (sulfide) groups is 1. The van der Waals surface area contributed by atoms with E-state index in [-0.39, 0.29) is 0 Å². The van der Waals surface area contributed by atoms with E-state index in [9.17, 15) is 0 Å². The molecule has 2 heterocycles. The average molecular weight is 384 g/mol. The van der Waals surface area contributed by atoms with Crippen molar-refractivity contribution in [2.75, 3.05) is 50.5 Å². The predicted molar refractivity (Wildman–Crippen MR) is 111 cm³/mol. The first kappa shape index (κ1) is 18.2. The number of para-hydroxylation sites is 4. The van der Waals surface area contributed by atoms with E-state index in [1.807, 2.05) is 36.4 Å². The molecule has 0 aliphatic carbocycles. The van der Waals surface area contributed by atoms with Crippen molar-refractivity contribution in [2.45, 2.75) is 11.6 Å². The van der Waals surface area contributed by atoms with Crippen molar-refractivity contribution in [3.8, 4) is 5.75 Å². The Morgan fingerprint density at radius 2 is 1.81 bits per heavy atom. The van der Waals surface area contributed by atoms with Gasteiger partial charge in [-0.2, -0.15) is 0 Å². The van der Waals surface area contributed by atoms with Gasteiger partial charge in [-0.3, -0.25) is 4.90 Å². The van der Waals surface area contributed by atoms with Crippen LogP contribution >= 0.6 is 11.8 Å². The predicted octanol–water partition coefficient (Wildman–Crippen LogP) is 4.14. The van der Waals surface area contributed by atoms with Crippen LogP contribution in [0.5, 0.6) is 5.75 Å². The van der Waals surface area contributed by atoms with Crippen LogP contribution in [-0.2, 0) is 0 Å². The van der Waals surface area contributed by atoms with Crippen molar-refractivity contribution in [3.05, 3.63) is 48.5 Å². The van der Waals surface area contributed by atoms with Crippen molar-refractivity contribution in [1.29, 1.82) is 0 Å². The Labute approximate surface area is 164 Å². The lowest BCUT2D eigenvalue weighted by Crippen LogP contribution is -2.46. The second-order valence-electron chi connectivity index (χ2n) is 6.65. The summed E-state index contributed by atoms with van der Waals surface area (Å²) in [6.45, 7) is 5.38. The molecule has 1 aliphatic rings. The Kier molecular flexibility index (Phi) is 5.84. The van der Waals surface area contributed by atoms with Gasteiger partial charge in [-0.1, -0.05) is 36.0 Å². The number of ether oxygens (including phenoxy) is 1. The van der Waals surface area contributed by atoms with E-state index in [2.05, 4.69) is 26.9 Å². The molecule has 2 aromatic carbocycles. The van der Waals surface area contributed by atoms with Crippen LogP contribution in [0.1, 0.15) is 6.42 Å². The minimum absolute atomic E-state index is 0.775.